The molecule has 0 spiro atoms. The van der Waals surface area contributed by atoms with E-state index in [1.165, 1.54) is 0 Å². The number of thioether (sulfide) groups is 1. The fourth-order valence-corrected chi connectivity index (χ4v) is 4.03. The van der Waals surface area contributed by atoms with Gasteiger partial charge in [-0.3, -0.25) is 4.79 Å². The van der Waals surface area contributed by atoms with Gasteiger partial charge in [0.25, 0.3) is 0 Å². The van der Waals surface area contributed by atoms with Crippen molar-refractivity contribution in [2.45, 2.75) is 18.5 Å². The van der Waals surface area contributed by atoms with Gasteiger partial charge in [-0.05, 0) is 11.1 Å². The van der Waals surface area contributed by atoms with Gasteiger partial charge in [-0.25, -0.2) is 4.79 Å². The van der Waals surface area contributed by atoms with Gasteiger partial charge in [0.1, 0.15) is 6.04 Å². The van der Waals surface area contributed by atoms with Crippen LogP contribution in [-0.2, 0) is 16.1 Å². The monoisotopic (exact) mass is 306 g/mol. The maximum absolute atomic E-state index is 12.8. The zero-order valence-corrected chi connectivity index (χ0v) is 12.4. The molecule has 0 saturated carbocycles. The van der Waals surface area contributed by atoms with Crippen molar-refractivity contribution in [2.24, 2.45) is 0 Å². The lowest BCUT2D eigenvalue weighted by Crippen LogP contribution is -2.53. The standard InChI is InChI=1S/C15H18N2O3S/c18-14(17-5-6-21-9-13(17)15(19)20)12-8-16-7-10-3-1-2-4-11(10)12/h1-4,12-13,16H,5-9H2,(H,19,20). The maximum Gasteiger partial charge on any atom is 0.327 e. The molecule has 2 aliphatic heterocycles. The summed E-state index contributed by atoms with van der Waals surface area (Å²) in [5.41, 5.74) is 2.16. The van der Waals surface area contributed by atoms with Crippen LogP contribution in [0, 0.1) is 0 Å². The van der Waals surface area contributed by atoms with E-state index < -0.39 is 12.0 Å². The summed E-state index contributed by atoms with van der Waals surface area (Å²) in [5.74, 6) is 0.0232. The van der Waals surface area contributed by atoms with E-state index in [0.29, 0.717) is 18.8 Å². The molecule has 2 unspecified atom stereocenters. The van der Waals surface area contributed by atoms with Gasteiger partial charge in [-0.15, -0.1) is 0 Å². The predicted octanol–water partition coefficient (Wildman–Crippen LogP) is 0.902. The third-order valence-electron chi connectivity index (χ3n) is 4.09. The summed E-state index contributed by atoms with van der Waals surface area (Å²) < 4.78 is 0. The molecule has 5 nitrogen and oxygen atoms in total. The van der Waals surface area contributed by atoms with Gasteiger partial charge in [0, 0.05) is 31.1 Å². The number of nitrogens with one attached hydrogen (secondary N) is 1. The molecule has 0 radical (unpaired) electrons. The van der Waals surface area contributed by atoms with Crippen molar-refractivity contribution in [3.8, 4) is 0 Å². The van der Waals surface area contributed by atoms with Gasteiger partial charge in [0.15, 0.2) is 0 Å². The van der Waals surface area contributed by atoms with E-state index in [-0.39, 0.29) is 11.8 Å². The number of carboxylic acids is 1. The van der Waals surface area contributed by atoms with Crippen molar-refractivity contribution in [3.05, 3.63) is 35.4 Å². The molecule has 1 fully saturated rings. The Hall–Kier alpha value is -1.53. The first-order chi connectivity index (χ1) is 10.2. The Kier molecular flexibility index (Phi) is 4.17. The molecule has 0 aliphatic carbocycles. The Balaban J connectivity index is 1.86. The van der Waals surface area contributed by atoms with Crippen molar-refractivity contribution < 1.29 is 14.7 Å². The van der Waals surface area contributed by atoms with Gasteiger partial charge in [0.05, 0.1) is 5.92 Å². The van der Waals surface area contributed by atoms with Crippen molar-refractivity contribution in [1.29, 1.82) is 0 Å². The molecule has 2 atom stereocenters. The number of amides is 1. The van der Waals surface area contributed by atoms with Crippen LogP contribution in [-0.4, -0.2) is 52.5 Å². The molecule has 3 rings (SSSR count). The molecule has 112 valence electrons. The first kappa shape index (κ1) is 14.4. The third-order valence-corrected chi connectivity index (χ3v) is 5.11. The smallest absolute Gasteiger partial charge is 0.327 e. The molecule has 2 N–H and O–H groups in total. The number of aliphatic carboxylic acids is 1. The molecule has 0 bridgehead atoms. The number of carboxylic acid groups (broad SMARTS) is 1. The zero-order chi connectivity index (χ0) is 14.8. The van der Waals surface area contributed by atoms with Crippen molar-refractivity contribution in [1.82, 2.24) is 10.2 Å². The van der Waals surface area contributed by atoms with Crippen molar-refractivity contribution in [2.75, 3.05) is 24.6 Å². The van der Waals surface area contributed by atoms with Crippen LogP contribution in [0.2, 0.25) is 0 Å². The van der Waals surface area contributed by atoms with E-state index >= 15 is 0 Å². The van der Waals surface area contributed by atoms with E-state index in [9.17, 15) is 14.7 Å². The minimum atomic E-state index is -0.910. The molecule has 1 aromatic rings. The summed E-state index contributed by atoms with van der Waals surface area (Å²) in [6, 6.07) is 7.19. The topological polar surface area (TPSA) is 69.6 Å². The summed E-state index contributed by atoms with van der Waals surface area (Å²) in [6.45, 7) is 1.85. The van der Waals surface area contributed by atoms with Crippen LogP contribution in [0.15, 0.2) is 24.3 Å². The van der Waals surface area contributed by atoms with Gasteiger partial charge in [-0.2, -0.15) is 11.8 Å². The van der Waals surface area contributed by atoms with E-state index in [1.54, 1.807) is 16.7 Å². The van der Waals surface area contributed by atoms with Crippen LogP contribution in [0.3, 0.4) is 0 Å². The maximum atomic E-state index is 12.8. The first-order valence-electron chi connectivity index (χ1n) is 7.08. The van der Waals surface area contributed by atoms with E-state index in [2.05, 4.69) is 5.32 Å². The molecule has 1 saturated heterocycles. The molecule has 21 heavy (non-hydrogen) atoms. The van der Waals surface area contributed by atoms with Crippen LogP contribution < -0.4 is 5.32 Å². The average Bonchev–Trinajstić information content (AvgIpc) is 2.53. The fourth-order valence-electron chi connectivity index (χ4n) is 2.99. The summed E-state index contributed by atoms with van der Waals surface area (Å²) in [7, 11) is 0. The van der Waals surface area contributed by atoms with Crippen molar-refractivity contribution in [3.63, 3.8) is 0 Å². The normalized spacial score (nSPS) is 25.2. The highest BCUT2D eigenvalue weighted by molar-refractivity contribution is 7.99. The molecule has 0 aromatic heterocycles. The Morgan fingerprint density at radius 1 is 1.33 bits per heavy atom. The summed E-state index contributed by atoms with van der Waals surface area (Å²) in [6.07, 6.45) is 0. The van der Waals surface area contributed by atoms with Crippen LogP contribution in [0.4, 0.5) is 0 Å². The molecule has 2 aliphatic rings. The molecule has 1 aromatic carbocycles. The molecule has 1 amide bonds. The lowest BCUT2D eigenvalue weighted by atomic mass is 9.89. The molecule has 2 heterocycles. The Labute approximate surface area is 127 Å². The lowest BCUT2D eigenvalue weighted by molar-refractivity contribution is -0.149. The highest BCUT2D eigenvalue weighted by atomic mass is 32.2. The lowest BCUT2D eigenvalue weighted by Gasteiger charge is -2.36. The van der Waals surface area contributed by atoms with Crippen LogP contribution in [0.5, 0.6) is 0 Å². The second-order valence-electron chi connectivity index (χ2n) is 5.34. The average molecular weight is 306 g/mol. The predicted molar refractivity (Wildman–Crippen MR) is 81.4 cm³/mol. The minimum absolute atomic E-state index is 0.0673. The molecular weight excluding hydrogens is 288 g/mol. The molecule has 6 heteroatoms. The second-order valence-corrected chi connectivity index (χ2v) is 6.49. The Bertz CT molecular complexity index is 564. The minimum Gasteiger partial charge on any atom is -0.480 e. The number of carbonyl (C=O) groups excluding carboxylic acids is 1. The number of carbonyl (C=O) groups is 2. The van der Waals surface area contributed by atoms with Gasteiger partial charge in [-0.1, -0.05) is 24.3 Å². The van der Waals surface area contributed by atoms with Crippen LogP contribution in [0.25, 0.3) is 0 Å². The number of fused-ring (bicyclic) bond motifs is 1. The highest BCUT2D eigenvalue weighted by Crippen LogP contribution is 2.28. The molecular formula is C15H18N2O3S. The van der Waals surface area contributed by atoms with Crippen molar-refractivity contribution >= 4 is 23.6 Å². The Morgan fingerprint density at radius 3 is 2.95 bits per heavy atom. The number of nitrogens with zero attached hydrogens (tertiary/aromatic N) is 1. The number of hydrogen-bond donors (Lipinski definition) is 2. The van der Waals surface area contributed by atoms with E-state index in [0.717, 1.165) is 23.4 Å². The Morgan fingerprint density at radius 2 is 2.14 bits per heavy atom. The van der Waals surface area contributed by atoms with Crippen LogP contribution >= 0.6 is 11.8 Å². The number of hydrogen-bond acceptors (Lipinski definition) is 4. The zero-order valence-electron chi connectivity index (χ0n) is 11.6. The van der Waals surface area contributed by atoms with E-state index in [4.69, 9.17) is 0 Å². The summed E-state index contributed by atoms with van der Waals surface area (Å²) in [5, 5.41) is 12.6. The van der Waals surface area contributed by atoms with Gasteiger partial charge >= 0.3 is 5.97 Å². The summed E-state index contributed by atoms with van der Waals surface area (Å²) in [4.78, 5) is 25.8. The number of benzene rings is 1. The first-order valence-corrected chi connectivity index (χ1v) is 8.23. The summed E-state index contributed by atoms with van der Waals surface area (Å²) >= 11 is 1.59. The fraction of sp³-hybridized carbons (Fsp3) is 0.467. The SMILES string of the molecule is O=C(O)C1CSCCN1C(=O)C1CNCc2ccccc21. The number of rotatable bonds is 2. The largest absolute Gasteiger partial charge is 0.480 e. The van der Waals surface area contributed by atoms with Gasteiger partial charge < -0.3 is 15.3 Å². The van der Waals surface area contributed by atoms with E-state index in [1.807, 2.05) is 24.3 Å². The second kappa shape index (κ2) is 6.07. The highest BCUT2D eigenvalue weighted by Gasteiger charge is 2.37. The quantitative estimate of drug-likeness (QED) is 0.850. The van der Waals surface area contributed by atoms with Crippen LogP contribution in [0.1, 0.15) is 17.0 Å². The third kappa shape index (κ3) is 2.78. The van der Waals surface area contributed by atoms with Gasteiger partial charge in [0.2, 0.25) is 5.91 Å².